The Morgan fingerprint density at radius 3 is 2.38 bits per heavy atom. The van der Waals surface area contributed by atoms with E-state index in [1.165, 1.54) is 53.9 Å². The summed E-state index contributed by atoms with van der Waals surface area (Å²) in [5.74, 6) is 3.15. The molecule has 39 heavy (non-hydrogen) atoms. The minimum atomic E-state index is 0.346. The zero-order valence-electron chi connectivity index (χ0n) is 23.6. The third-order valence-electron chi connectivity index (χ3n) is 8.29. The number of aromatic hydroxyl groups is 1. The minimum absolute atomic E-state index is 0.346. The molecule has 0 bridgehead atoms. The molecule has 0 unspecified atom stereocenters. The lowest BCUT2D eigenvalue weighted by Crippen LogP contribution is -2.25. The number of methoxy groups -OCH3 is 2. The number of benzene rings is 3. The fourth-order valence-corrected chi connectivity index (χ4v) is 6.07. The van der Waals surface area contributed by atoms with Crippen molar-refractivity contribution in [3.63, 3.8) is 0 Å². The Morgan fingerprint density at radius 1 is 0.923 bits per heavy atom. The van der Waals surface area contributed by atoms with Crippen LogP contribution in [0.15, 0.2) is 54.6 Å². The van der Waals surface area contributed by atoms with Gasteiger partial charge in [0.15, 0.2) is 11.5 Å². The van der Waals surface area contributed by atoms with Gasteiger partial charge in [-0.15, -0.1) is 0 Å². The predicted molar refractivity (Wildman–Crippen MR) is 157 cm³/mol. The Morgan fingerprint density at radius 2 is 1.67 bits per heavy atom. The van der Waals surface area contributed by atoms with Crippen molar-refractivity contribution in [3.05, 3.63) is 76.9 Å². The second-order valence-electron chi connectivity index (χ2n) is 10.7. The molecule has 0 spiro atoms. The molecule has 1 saturated heterocycles. The van der Waals surface area contributed by atoms with Gasteiger partial charge in [0.25, 0.3) is 0 Å². The molecule has 1 fully saturated rings. The zero-order valence-corrected chi connectivity index (χ0v) is 23.6. The van der Waals surface area contributed by atoms with E-state index < -0.39 is 0 Å². The van der Waals surface area contributed by atoms with Crippen LogP contribution in [0.4, 0.5) is 5.69 Å². The van der Waals surface area contributed by atoms with Crippen LogP contribution in [0, 0.1) is 0 Å². The third-order valence-corrected chi connectivity index (χ3v) is 8.29. The maximum atomic E-state index is 9.94. The van der Waals surface area contributed by atoms with Crippen LogP contribution in [-0.4, -0.2) is 57.0 Å². The summed E-state index contributed by atoms with van der Waals surface area (Å²) in [6, 6.07) is 18.6. The molecule has 1 aliphatic heterocycles. The van der Waals surface area contributed by atoms with Gasteiger partial charge >= 0.3 is 0 Å². The first kappa shape index (κ1) is 27.2. The maximum absolute atomic E-state index is 9.94. The highest BCUT2D eigenvalue weighted by Crippen LogP contribution is 2.43. The van der Waals surface area contributed by atoms with Gasteiger partial charge in [0.2, 0.25) is 0 Å². The molecule has 2 aliphatic rings. The number of phenols is 1. The molecule has 5 rings (SSSR count). The maximum Gasteiger partial charge on any atom is 0.162 e. The van der Waals surface area contributed by atoms with Crippen LogP contribution in [0.2, 0.25) is 0 Å². The van der Waals surface area contributed by atoms with E-state index >= 15 is 0 Å². The van der Waals surface area contributed by atoms with Crippen LogP contribution in [0.1, 0.15) is 54.4 Å². The number of aryl methyl sites for hydroxylation is 1. The molecule has 1 N–H and O–H groups in total. The summed E-state index contributed by atoms with van der Waals surface area (Å²) >= 11 is 0. The van der Waals surface area contributed by atoms with E-state index in [1.54, 1.807) is 20.3 Å². The van der Waals surface area contributed by atoms with E-state index in [2.05, 4.69) is 59.2 Å². The van der Waals surface area contributed by atoms with Gasteiger partial charge in [0, 0.05) is 31.4 Å². The van der Waals surface area contributed by atoms with Gasteiger partial charge in [-0.25, -0.2) is 0 Å². The van der Waals surface area contributed by atoms with Gasteiger partial charge in [-0.3, -0.25) is 4.90 Å². The van der Waals surface area contributed by atoms with Gasteiger partial charge in [-0.2, -0.15) is 0 Å². The van der Waals surface area contributed by atoms with E-state index in [-0.39, 0.29) is 0 Å². The fraction of sp³-hybridized carbons (Fsp3) is 0.455. The number of nitrogens with zero attached hydrogens (tertiary/aromatic N) is 2. The quantitative estimate of drug-likeness (QED) is 0.319. The van der Waals surface area contributed by atoms with Gasteiger partial charge in [0.1, 0.15) is 18.1 Å². The average molecular weight is 531 g/mol. The summed E-state index contributed by atoms with van der Waals surface area (Å²) < 4.78 is 17.5. The van der Waals surface area contributed by atoms with Crippen molar-refractivity contribution in [1.82, 2.24) is 4.90 Å². The molecule has 6 heteroatoms. The van der Waals surface area contributed by atoms with Crippen molar-refractivity contribution in [3.8, 4) is 23.0 Å². The number of likely N-dealkylation sites (tertiary alicyclic amines) is 1. The highest BCUT2D eigenvalue weighted by Gasteiger charge is 2.26. The van der Waals surface area contributed by atoms with Crippen LogP contribution in [-0.2, 0) is 19.4 Å². The Hall–Kier alpha value is -3.38. The summed E-state index contributed by atoms with van der Waals surface area (Å²) in [4.78, 5) is 4.90. The van der Waals surface area contributed by atoms with E-state index in [4.69, 9.17) is 14.2 Å². The van der Waals surface area contributed by atoms with E-state index in [0.717, 1.165) is 62.8 Å². The van der Waals surface area contributed by atoms with Crippen LogP contribution in [0.5, 0.6) is 23.0 Å². The molecule has 0 saturated carbocycles. The van der Waals surface area contributed by atoms with Crippen molar-refractivity contribution in [1.29, 1.82) is 0 Å². The smallest absolute Gasteiger partial charge is 0.162 e. The highest BCUT2D eigenvalue weighted by atomic mass is 16.5. The SMILES string of the molecule is CCN(Cc1ccc(OCCN2CCCC2)cc1)c1cc(OC)c(OC)cc1[C@@H]1CCc2cc(O)ccc2C1. The second-order valence-corrected chi connectivity index (χ2v) is 10.7. The molecule has 208 valence electrons. The summed E-state index contributed by atoms with van der Waals surface area (Å²) in [5, 5.41) is 9.94. The number of hydrogen-bond acceptors (Lipinski definition) is 6. The topological polar surface area (TPSA) is 54.4 Å². The van der Waals surface area contributed by atoms with Crippen molar-refractivity contribution in [2.24, 2.45) is 0 Å². The lowest BCUT2D eigenvalue weighted by molar-refractivity contribution is 0.238. The molecule has 3 aromatic carbocycles. The summed E-state index contributed by atoms with van der Waals surface area (Å²) in [5.41, 5.74) is 6.29. The minimum Gasteiger partial charge on any atom is -0.508 e. The molecule has 6 nitrogen and oxygen atoms in total. The predicted octanol–water partition coefficient (Wildman–Crippen LogP) is 6.18. The summed E-state index contributed by atoms with van der Waals surface area (Å²) in [6.07, 6.45) is 5.54. The Kier molecular flexibility index (Phi) is 8.82. The Bertz CT molecular complexity index is 1240. The molecule has 0 radical (unpaired) electrons. The van der Waals surface area contributed by atoms with E-state index in [1.807, 2.05) is 6.07 Å². The molecule has 1 atom stereocenters. The standard InChI is InChI=1S/C33H42N2O4/c1-4-35(23-24-7-13-29(14-8-24)39-18-17-34-15-5-6-16-34)31-22-33(38-3)32(37-2)21-30(31)27-10-9-26-20-28(36)12-11-25(26)19-27/h7-8,11-14,20-22,27,36H,4-6,9-10,15-19,23H2,1-3H3/t27-/m1/s1. The fourth-order valence-electron chi connectivity index (χ4n) is 6.07. The largest absolute Gasteiger partial charge is 0.508 e. The molecule has 3 aromatic rings. The van der Waals surface area contributed by atoms with Gasteiger partial charge < -0.3 is 24.2 Å². The lowest BCUT2D eigenvalue weighted by atomic mass is 9.79. The Balaban J connectivity index is 1.34. The van der Waals surface area contributed by atoms with Gasteiger partial charge in [-0.05, 0) is 111 Å². The van der Waals surface area contributed by atoms with E-state index in [0.29, 0.717) is 11.7 Å². The van der Waals surface area contributed by atoms with Crippen molar-refractivity contribution >= 4 is 5.69 Å². The average Bonchev–Trinajstić information content (AvgIpc) is 3.49. The zero-order chi connectivity index (χ0) is 27.2. The first-order valence-electron chi connectivity index (χ1n) is 14.3. The summed E-state index contributed by atoms with van der Waals surface area (Å²) in [7, 11) is 3.40. The first-order chi connectivity index (χ1) is 19.1. The Labute approximate surface area is 233 Å². The van der Waals surface area contributed by atoms with Gasteiger partial charge in [0.05, 0.1) is 14.2 Å². The van der Waals surface area contributed by atoms with Crippen LogP contribution < -0.4 is 19.1 Å². The molecule has 0 amide bonds. The molecular weight excluding hydrogens is 488 g/mol. The number of fused-ring (bicyclic) bond motifs is 1. The normalized spacial score (nSPS) is 17.1. The van der Waals surface area contributed by atoms with Crippen molar-refractivity contribution < 1.29 is 19.3 Å². The first-order valence-corrected chi connectivity index (χ1v) is 14.3. The van der Waals surface area contributed by atoms with Gasteiger partial charge in [-0.1, -0.05) is 18.2 Å². The van der Waals surface area contributed by atoms with E-state index in [9.17, 15) is 5.11 Å². The number of ether oxygens (including phenoxy) is 3. The van der Waals surface area contributed by atoms with Crippen molar-refractivity contribution in [2.45, 2.75) is 51.5 Å². The van der Waals surface area contributed by atoms with Crippen LogP contribution in [0.3, 0.4) is 0 Å². The number of phenolic OH excluding ortho intramolecular Hbond substituents is 1. The van der Waals surface area contributed by atoms with Crippen LogP contribution in [0.25, 0.3) is 0 Å². The molecule has 1 heterocycles. The lowest BCUT2D eigenvalue weighted by Gasteiger charge is -2.32. The monoisotopic (exact) mass is 530 g/mol. The molecule has 0 aromatic heterocycles. The number of anilines is 1. The highest BCUT2D eigenvalue weighted by molar-refractivity contribution is 5.64. The number of rotatable bonds is 11. The summed E-state index contributed by atoms with van der Waals surface area (Å²) in [6.45, 7) is 8.00. The number of hydrogen-bond donors (Lipinski definition) is 1. The molecular formula is C33H42N2O4. The molecule has 1 aliphatic carbocycles. The van der Waals surface area contributed by atoms with Crippen LogP contribution >= 0.6 is 0 Å². The third kappa shape index (κ3) is 6.44. The second kappa shape index (κ2) is 12.6. The van der Waals surface area contributed by atoms with Crippen molar-refractivity contribution in [2.75, 3.05) is 51.9 Å².